The molecule has 1 aromatic carbocycles. The lowest BCUT2D eigenvalue weighted by molar-refractivity contribution is 0.518. The summed E-state index contributed by atoms with van der Waals surface area (Å²) in [5.74, 6) is 1.04. The lowest BCUT2D eigenvalue weighted by Crippen LogP contribution is -2.32. The molecule has 1 aromatic heterocycles. The molecule has 2 aromatic rings. The molecule has 19 heavy (non-hydrogen) atoms. The van der Waals surface area contributed by atoms with E-state index in [0.29, 0.717) is 6.54 Å². The first kappa shape index (κ1) is 13.6. The first-order valence-corrected chi connectivity index (χ1v) is 6.87. The van der Waals surface area contributed by atoms with Crippen LogP contribution in [0.25, 0.3) is 11.0 Å². The van der Waals surface area contributed by atoms with E-state index in [0.717, 1.165) is 36.2 Å². The fraction of sp³-hybridized carbons (Fsp3) is 0.467. The van der Waals surface area contributed by atoms with E-state index < -0.39 is 0 Å². The SMILES string of the molecule is CCCNC(C#N)Cn1c(CC)nc2ccccc21. The Morgan fingerprint density at radius 2 is 2.16 bits per heavy atom. The number of hydrogen-bond donors (Lipinski definition) is 1. The summed E-state index contributed by atoms with van der Waals surface area (Å²) in [6.45, 7) is 5.72. The van der Waals surface area contributed by atoms with E-state index in [1.165, 1.54) is 0 Å². The number of nitriles is 1. The second-order valence-corrected chi connectivity index (χ2v) is 4.62. The largest absolute Gasteiger partial charge is 0.325 e. The van der Waals surface area contributed by atoms with Gasteiger partial charge in [-0.2, -0.15) is 5.26 Å². The molecule has 4 heteroatoms. The molecule has 0 fully saturated rings. The molecule has 0 aliphatic rings. The standard InChI is InChI=1S/C15H20N4/c1-3-9-17-12(10-16)11-19-14-8-6-5-7-13(14)18-15(19)4-2/h5-8,12,17H,3-4,9,11H2,1-2H3. The first-order chi connectivity index (χ1) is 9.30. The molecule has 0 saturated carbocycles. The molecule has 1 heterocycles. The van der Waals surface area contributed by atoms with Crippen molar-refractivity contribution in [2.24, 2.45) is 0 Å². The minimum Gasteiger partial charge on any atom is -0.325 e. The smallest absolute Gasteiger partial charge is 0.113 e. The van der Waals surface area contributed by atoms with E-state index in [2.05, 4.69) is 40.9 Å². The Labute approximate surface area is 114 Å². The number of rotatable bonds is 6. The highest BCUT2D eigenvalue weighted by atomic mass is 15.1. The van der Waals surface area contributed by atoms with Gasteiger partial charge in [0, 0.05) is 6.42 Å². The molecule has 0 aliphatic heterocycles. The van der Waals surface area contributed by atoms with Gasteiger partial charge in [-0.25, -0.2) is 4.98 Å². The van der Waals surface area contributed by atoms with Crippen LogP contribution in [0, 0.1) is 11.3 Å². The quantitative estimate of drug-likeness (QED) is 0.864. The monoisotopic (exact) mass is 256 g/mol. The summed E-state index contributed by atoms with van der Waals surface area (Å²) < 4.78 is 2.16. The van der Waals surface area contributed by atoms with Crippen molar-refractivity contribution in [1.29, 1.82) is 5.26 Å². The lowest BCUT2D eigenvalue weighted by Gasteiger charge is -2.14. The minimum atomic E-state index is -0.164. The van der Waals surface area contributed by atoms with Gasteiger partial charge in [0.25, 0.3) is 0 Å². The van der Waals surface area contributed by atoms with Gasteiger partial charge >= 0.3 is 0 Å². The summed E-state index contributed by atoms with van der Waals surface area (Å²) in [6, 6.07) is 10.3. The van der Waals surface area contributed by atoms with Crippen LogP contribution in [0.1, 0.15) is 26.1 Å². The predicted molar refractivity (Wildman–Crippen MR) is 76.8 cm³/mol. The minimum absolute atomic E-state index is 0.164. The molecule has 0 spiro atoms. The van der Waals surface area contributed by atoms with Gasteiger partial charge in [0.2, 0.25) is 0 Å². The van der Waals surface area contributed by atoms with Crippen molar-refractivity contribution in [3.8, 4) is 6.07 Å². The Balaban J connectivity index is 2.30. The number of imidazole rings is 1. The van der Waals surface area contributed by atoms with Gasteiger partial charge in [0.1, 0.15) is 11.9 Å². The van der Waals surface area contributed by atoms with E-state index in [1.807, 2.05) is 18.2 Å². The fourth-order valence-corrected chi connectivity index (χ4v) is 2.25. The number of fused-ring (bicyclic) bond motifs is 1. The Morgan fingerprint density at radius 1 is 1.37 bits per heavy atom. The third-order valence-corrected chi connectivity index (χ3v) is 3.21. The van der Waals surface area contributed by atoms with Crippen LogP contribution in [-0.4, -0.2) is 22.1 Å². The third kappa shape index (κ3) is 2.94. The van der Waals surface area contributed by atoms with Gasteiger partial charge in [0.05, 0.1) is 23.6 Å². The van der Waals surface area contributed by atoms with E-state index in [1.54, 1.807) is 0 Å². The molecule has 100 valence electrons. The third-order valence-electron chi connectivity index (χ3n) is 3.21. The van der Waals surface area contributed by atoms with Gasteiger partial charge in [-0.3, -0.25) is 0 Å². The van der Waals surface area contributed by atoms with E-state index >= 15 is 0 Å². The Kier molecular flexibility index (Phi) is 4.53. The second kappa shape index (κ2) is 6.35. The van der Waals surface area contributed by atoms with Crippen molar-refractivity contribution in [1.82, 2.24) is 14.9 Å². The summed E-state index contributed by atoms with van der Waals surface area (Å²) in [6.07, 6.45) is 1.91. The van der Waals surface area contributed by atoms with Crippen molar-refractivity contribution in [3.63, 3.8) is 0 Å². The van der Waals surface area contributed by atoms with Crippen LogP contribution in [0.2, 0.25) is 0 Å². The number of para-hydroxylation sites is 2. The number of aromatic nitrogens is 2. The molecule has 1 unspecified atom stereocenters. The number of hydrogen-bond acceptors (Lipinski definition) is 3. The second-order valence-electron chi connectivity index (χ2n) is 4.62. The number of nitrogens with one attached hydrogen (secondary N) is 1. The van der Waals surface area contributed by atoms with Crippen molar-refractivity contribution < 1.29 is 0 Å². The average Bonchev–Trinajstić information content (AvgIpc) is 2.81. The molecule has 1 N–H and O–H groups in total. The van der Waals surface area contributed by atoms with Crippen LogP contribution in [0.4, 0.5) is 0 Å². The topological polar surface area (TPSA) is 53.6 Å². The van der Waals surface area contributed by atoms with Crippen molar-refractivity contribution >= 4 is 11.0 Å². The van der Waals surface area contributed by atoms with Crippen LogP contribution < -0.4 is 5.32 Å². The number of benzene rings is 1. The highest BCUT2D eigenvalue weighted by Crippen LogP contribution is 2.16. The average molecular weight is 256 g/mol. The zero-order valence-corrected chi connectivity index (χ0v) is 11.6. The fourth-order valence-electron chi connectivity index (χ4n) is 2.25. The van der Waals surface area contributed by atoms with Gasteiger partial charge in [-0.05, 0) is 25.1 Å². The summed E-state index contributed by atoms with van der Waals surface area (Å²) in [4.78, 5) is 4.62. The van der Waals surface area contributed by atoms with Gasteiger partial charge in [0.15, 0.2) is 0 Å². The summed E-state index contributed by atoms with van der Waals surface area (Å²) in [5, 5.41) is 12.5. The van der Waals surface area contributed by atoms with Crippen LogP contribution in [-0.2, 0) is 13.0 Å². The van der Waals surface area contributed by atoms with Crippen molar-refractivity contribution in [3.05, 3.63) is 30.1 Å². The van der Waals surface area contributed by atoms with Crippen LogP contribution in [0.15, 0.2) is 24.3 Å². The highest BCUT2D eigenvalue weighted by molar-refractivity contribution is 5.75. The van der Waals surface area contributed by atoms with Crippen molar-refractivity contribution in [2.45, 2.75) is 39.3 Å². The Hall–Kier alpha value is -1.86. The number of nitrogens with zero attached hydrogens (tertiary/aromatic N) is 3. The zero-order chi connectivity index (χ0) is 13.7. The maximum absolute atomic E-state index is 9.24. The summed E-state index contributed by atoms with van der Waals surface area (Å²) in [5.41, 5.74) is 2.12. The molecule has 0 aliphatic carbocycles. The van der Waals surface area contributed by atoms with Gasteiger partial charge in [-0.1, -0.05) is 26.0 Å². The predicted octanol–water partition coefficient (Wildman–Crippen LogP) is 2.49. The van der Waals surface area contributed by atoms with Crippen LogP contribution in [0.3, 0.4) is 0 Å². The van der Waals surface area contributed by atoms with E-state index in [4.69, 9.17) is 0 Å². The van der Waals surface area contributed by atoms with Crippen LogP contribution >= 0.6 is 0 Å². The van der Waals surface area contributed by atoms with Gasteiger partial charge in [-0.15, -0.1) is 0 Å². The molecule has 4 nitrogen and oxygen atoms in total. The molecule has 2 rings (SSSR count). The molecule has 1 atom stereocenters. The maximum atomic E-state index is 9.24. The molecule has 0 bridgehead atoms. The van der Waals surface area contributed by atoms with Gasteiger partial charge < -0.3 is 9.88 Å². The Morgan fingerprint density at radius 3 is 2.84 bits per heavy atom. The zero-order valence-electron chi connectivity index (χ0n) is 11.6. The maximum Gasteiger partial charge on any atom is 0.113 e. The molecule has 0 amide bonds. The van der Waals surface area contributed by atoms with Crippen LogP contribution in [0.5, 0.6) is 0 Å². The molecule has 0 radical (unpaired) electrons. The molecular formula is C15H20N4. The van der Waals surface area contributed by atoms with Crippen molar-refractivity contribution in [2.75, 3.05) is 6.54 Å². The summed E-state index contributed by atoms with van der Waals surface area (Å²) >= 11 is 0. The Bertz CT molecular complexity index is 579. The molecule has 0 saturated heterocycles. The highest BCUT2D eigenvalue weighted by Gasteiger charge is 2.13. The van der Waals surface area contributed by atoms with E-state index in [9.17, 15) is 5.26 Å². The lowest BCUT2D eigenvalue weighted by atomic mass is 10.2. The number of aryl methyl sites for hydroxylation is 1. The normalized spacial score (nSPS) is 12.5. The first-order valence-electron chi connectivity index (χ1n) is 6.87. The van der Waals surface area contributed by atoms with E-state index in [-0.39, 0.29) is 6.04 Å². The summed E-state index contributed by atoms with van der Waals surface area (Å²) in [7, 11) is 0. The molecular weight excluding hydrogens is 236 g/mol.